The zero-order valence-corrected chi connectivity index (χ0v) is 28.9. The topological polar surface area (TPSA) is 122 Å². The maximum Gasteiger partial charge on any atom is 0.212 e. The van der Waals surface area contributed by atoms with E-state index in [1.165, 1.54) is 43.1 Å². The number of aliphatic imine (C=N–C) groups is 3. The molecule has 10 heteroatoms. The van der Waals surface area contributed by atoms with Crippen LogP contribution in [0.4, 0.5) is 0 Å². The van der Waals surface area contributed by atoms with Crippen LogP contribution < -0.4 is 21.6 Å². The second-order valence-electron chi connectivity index (χ2n) is 12.9. The molecule has 0 radical (unpaired) electrons. The molecule has 3 aliphatic rings. The van der Waals surface area contributed by atoms with Crippen molar-refractivity contribution in [3.63, 3.8) is 0 Å². The molecule has 0 fully saturated rings. The minimum Gasteiger partial charge on any atom is -0.353 e. The van der Waals surface area contributed by atoms with Gasteiger partial charge in [-0.05, 0) is 97.4 Å². The van der Waals surface area contributed by atoms with Crippen LogP contribution in [0, 0.1) is 0 Å². The molecule has 0 amide bonds. The number of guanidine groups is 1. The second kappa shape index (κ2) is 15.6. The van der Waals surface area contributed by atoms with E-state index in [1.54, 1.807) is 0 Å². The van der Waals surface area contributed by atoms with E-state index in [9.17, 15) is 0 Å². The number of benzene rings is 6. The summed E-state index contributed by atoms with van der Waals surface area (Å²) in [5, 5.41) is 25.8. The molecule has 52 heavy (non-hydrogen) atoms. The molecule has 4 N–H and O–H groups in total. The number of nitrogens with one attached hydrogen (secondary N) is 4. The molecule has 10 nitrogen and oxygen atoms in total. The first kappa shape index (κ1) is 32.8. The fourth-order valence-corrected chi connectivity index (χ4v) is 6.64. The third-order valence-electron chi connectivity index (χ3n) is 9.26. The molecule has 9 rings (SSSR count). The standard InChI is InChI=1S/C23H23N7.C19H17N3/c1-2-22(24-7-1)29-27-14-16-3-5-18-12-19-6-4-17(11-21(19)13-20(18)10-16)15-28-30-23-25-8-9-26-23;1-3-8-16-14(6-1)12-15-7-2-4-9-17(15)18(16)13-21-22-19-10-5-11-20-19/h3-6,10-15H,1-2,7-9H2,(H,24,29)(H2,25,26,30);1-4,6-9,12-13H,5,10-11H2,(H,20,22)/b27-14-,28-15-;21-13+. The summed E-state index contributed by atoms with van der Waals surface area (Å²) in [4.78, 5) is 13.0. The van der Waals surface area contributed by atoms with Crippen LogP contribution in [0.2, 0.25) is 0 Å². The van der Waals surface area contributed by atoms with Crippen LogP contribution in [0.1, 0.15) is 42.4 Å². The summed E-state index contributed by atoms with van der Waals surface area (Å²) in [6.45, 7) is 3.46. The summed E-state index contributed by atoms with van der Waals surface area (Å²) in [7, 11) is 0. The molecule has 3 aliphatic heterocycles. The average molecular weight is 685 g/mol. The first-order valence-corrected chi connectivity index (χ1v) is 17.9. The lowest BCUT2D eigenvalue weighted by molar-refractivity contribution is 0.920. The summed E-state index contributed by atoms with van der Waals surface area (Å²) in [5.41, 5.74) is 12.3. The lowest BCUT2D eigenvalue weighted by atomic mass is 9.97. The van der Waals surface area contributed by atoms with Crippen LogP contribution in [0.5, 0.6) is 0 Å². The molecule has 0 atom stereocenters. The number of hydrogen-bond donors (Lipinski definition) is 4. The fraction of sp³-hybridized carbons (Fsp3) is 0.190. The molecule has 6 aromatic carbocycles. The zero-order valence-electron chi connectivity index (χ0n) is 28.9. The molecular formula is C42H40N10. The monoisotopic (exact) mass is 684 g/mol. The molecular weight excluding hydrogens is 645 g/mol. The highest BCUT2D eigenvalue weighted by Gasteiger charge is 2.08. The number of rotatable bonds is 6. The zero-order chi connectivity index (χ0) is 35.0. The first-order valence-electron chi connectivity index (χ1n) is 17.9. The summed E-state index contributed by atoms with van der Waals surface area (Å²) in [5.74, 6) is 2.68. The van der Waals surface area contributed by atoms with E-state index < -0.39 is 0 Å². The molecule has 258 valence electrons. The van der Waals surface area contributed by atoms with Crippen molar-refractivity contribution in [3.8, 4) is 0 Å². The van der Waals surface area contributed by atoms with E-state index in [0.717, 1.165) is 86.2 Å². The summed E-state index contributed by atoms with van der Waals surface area (Å²) in [6, 6.07) is 36.3. The van der Waals surface area contributed by atoms with Crippen molar-refractivity contribution in [1.82, 2.24) is 21.6 Å². The van der Waals surface area contributed by atoms with E-state index in [0.29, 0.717) is 0 Å². The van der Waals surface area contributed by atoms with Gasteiger partial charge in [-0.1, -0.05) is 72.8 Å². The number of amidine groups is 2. The molecule has 0 saturated carbocycles. The summed E-state index contributed by atoms with van der Waals surface area (Å²) in [6.07, 6.45) is 9.78. The third-order valence-corrected chi connectivity index (χ3v) is 9.26. The number of hydrogen-bond acceptors (Lipinski definition) is 10. The van der Waals surface area contributed by atoms with Crippen LogP contribution >= 0.6 is 0 Å². The van der Waals surface area contributed by atoms with E-state index >= 15 is 0 Å². The Morgan fingerprint density at radius 2 is 1.04 bits per heavy atom. The van der Waals surface area contributed by atoms with Crippen LogP contribution in [-0.4, -0.2) is 62.5 Å². The highest BCUT2D eigenvalue weighted by atomic mass is 15.4. The van der Waals surface area contributed by atoms with Crippen molar-refractivity contribution in [3.05, 3.63) is 120 Å². The Kier molecular flexibility index (Phi) is 9.85. The maximum absolute atomic E-state index is 4.42. The second-order valence-corrected chi connectivity index (χ2v) is 12.9. The molecule has 0 unspecified atom stereocenters. The van der Waals surface area contributed by atoms with Gasteiger partial charge in [0.2, 0.25) is 5.96 Å². The Morgan fingerprint density at radius 3 is 1.60 bits per heavy atom. The predicted octanol–water partition coefficient (Wildman–Crippen LogP) is 7.10. The Morgan fingerprint density at radius 1 is 0.500 bits per heavy atom. The van der Waals surface area contributed by atoms with Gasteiger partial charge in [-0.2, -0.15) is 15.3 Å². The minimum atomic E-state index is 0.724. The van der Waals surface area contributed by atoms with Gasteiger partial charge in [-0.15, -0.1) is 0 Å². The van der Waals surface area contributed by atoms with Crippen LogP contribution in [0.25, 0.3) is 43.1 Å². The number of fused-ring (bicyclic) bond motifs is 4. The van der Waals surface area contributed by atoms with Crippen LogP contribution in [0.15, 0.2) is 133 Å². The molecule has 6 aromatic rings. The molecule has 0 spiro atoms. The molecule has 3 heterocycles. The highest BCUT2D eigenvalue weighted by molar-refractivity contribution is 6.13. The smallest absolute Gasteiger partial charge is 0.212 e. The van der Waals surface area contributed by atoms with Crippen molar-refractivity contribution in [2.24, 2.45) is 30.3 Å². The third kappa shape index (κ3) is 7.81. The Hall–Kier alpha value is -6.42. The van der Waals surface area contributed by atoms with Gasteiger partial charge in [0.25, 0.3) is 0 Å². The van der Waals surface area contributed by atoms with Gasteiger partial charge < -0.3 is 5.32 Å². The summed E-state index contributed by atoms with van der Waals surface area (Å²) < 4.78 is 0. The van der Waals surface area contributed by atoms with E-state index in [1.807, 2.05) is 18.6 Å². The SMILES string of the molecule is C(=N/NC1=NCCC1)/c1ccc2cc3ccc(/C=N\NC4=NCCN4)cc3cc2c1.C(=N\NC1=NCCC1)/c1c2ccccc2cc2ccccc12. The average Bonchev–Trinajstić information content (AvgIpc) is 4.00. The van der Waals surface area contributed by atoms with Gasteiger partial charge in [-0.3, -0.25) is 20.8 Å². The lowest BCUT2D eigenvalue weighted by Crippen LogP contribution is -2.30. The van der Waals surface area contributed by atoms with Crippen molar-refractivity contribution < 1.29 is 0 Å². The molecule has 0 aliphatic carbocycles. The number of nitrogens with zero attached hydrogens (tertiary/aromatic N) is 6. The molecule has 0 saturated heterocycles. The van der Waals surface area contributed by atoms with Crippen molar-refractivity contribution >= 4 is 79.4 Å². The highest BCUT2D eigenvalue weighted by Crippen LogP contribution is 2.27. The van der Waals surface area contributed by atoms with Gasteiger partial charge in [0.1, 0.15) is 11.7 Å². The lowest BCUT2D eigenvalue weighted by Gasteiger charge is -2.08. The normalized spacial score (nSPS) is 15.7. The van der Waals surface area contributed by atoms with E-state index in [-0.39, 0.29) is 0 Å². The van der Waals surface area contributed by atoms with E-state index in [2.05, 4.69) is 155 Å². The molecule has 0 aromatic heterocycles. The van der Waals surface area contributed by atoms with Crippen molar-refractivity contribution in [2.45, 2.75) is 25.7 Å². The van der Waals surface area contributed by atoms with E-state index in [4.69, 9.17) is 0 Å². The Bertz CT molecular complexity index is 2290. The first-order chi connectivity index (χ1) is 25.7. The van der Waals surface area contributed by atoms with Gasteiger partial charge in [0.15, 0.2) is 0 Å². The Balaban J connectivity index is 0.000000156. The summed E-state index contributed by atoms with van der Waals surface area (Å²) >= 11 is 0. The largest absolute Gasteiger partial charge is 0.353 e. The quantitative estimate of drug-likeness (QED) is 0.0850. The minimum absolute atomic E-state index is 0.724. The van der Waals surface area contributed by atoms with Gasteiger partial charge in [0.05, 0.1) is 25.2 Å². The molecule has 0 bridgehead atoms. The van der Waals surface area contributed by atoms with Gasteiger partial charge in [0, 0.05) is 38.0 Å². The number of hydrazone groups is 3. The van der Waals surface area contributed by atoms with Gasteiger partial charge >= 0.3 is 0 Å². The fourth-order valence-electron chi connectivity index (χ4n) is 6.64. The predicted molar refractivity (Wildman–Crippen MR) is 218 cm³/mol. The van der Waals surface area contributed by atoms with Crippen LogP contribution in [0.3, 0.4) is 0 Å². The van der Waals surface area contributed by atoms with Crippen molar-refractivity contribution in [2.75, 3.05) is 26.2 Å². The van der Waals surface area contributed by atoms with Crippen molar-refractivity contribution in [1.29, 1.82) is 0 Å². The van der Waals surface area contributed by atoms with Crippen LogP contribution in [-0.2, 0) is 0 Å². The van der Waals surface area contributed by atoms with Gasteiger partial charge in [-0.25, -0.2) is 10.4 Å². The Labute approximate surface area is 302 Å². The maximum atomic E-state index is 4.42.